The van der Waals surface area contributed by atoms with E-state index in [0.717, 1.165) is 17.7 Å². The third-order valence-electron chi connectivity index (χ3n) is 8.52. The first-order chi connectivity index (χ1) is 22.4. The standard InChI is InChI=1S/C31H36N10O6/c1-31(2,3)39-16-33-14-22(39)25(27(44)32-4)38(29(46)20-15-40(37-36-20)17-8-9-17)13-12-34-19-7-5-6-18-24(19)30(47)41(28(18)45)21-10-11-23(42)35-26(21)43/h5-7,14-17,21,25,34H,8-13H2,1-4H3,(H,32,44)(H,35,42,43). The van der Waals surface area contributed by atoms with Gasteiger partial charge < -0.3 is 20.1 Å². The van der Waals surface area contributed by atoms with Crippen LogP contribution in [0.4, 0.5) is 5.69 Å². The van der Waals surface area contributed by atoms with Crippen LogP contribution in [0, 0.1) is 0 Å². The Morgan fingerprint density at radius 1 is 1.11 bits per heavy atom. The summed E-state index contributed by atoms with van der Waals surface area (Å²) in [5.74, 6) is -3.42. The van der Waals surface area contributed by atoms with Gasteiger partial charge in [0, 0.05) is 37.8 Å². The Hall–Kier alpha value is -5.41. The number of hydrogen-bond acceptors (Lipinski definition) is 10. The second kappa shape index (κ2) is 12.1. The van der Waals surface area contributed by atoms with Gasteiger partial charge in [-0.1, -0.05) is 11.3 Å². The SMILES string of the molecule is CNC(=O)C(c1cncn1C(C)(C)C)N(CCNc1cccc2c1C(=O)N(C1CCC(=O)NC1=O)C2=O)C(=O)c1cn(C2CC2)nn1. The summed E-state index contributed by atoms with van der Waals surface area (Å²) >= 11 is 0. The summed E-state index contributed by atoms with van der Waals surface area (Å²) < 4.78 is 3.49. The number of hydrogen-bond donors (Lipinski definition) is 3. The molecular formula is C31H36N10O6. The minimum atomic E-state index is -1.11. The molecule has 6 amide bonds. The van der Waals surface area contributed by atoms with Crippen LogP contribution in [-0.4, -0.2) is 96.0 Å². The van der Waals surface area contributed by atoms with Gasteiger partial charge >= 0.3 is 0 Å². The van der Waals surface area contributed by atoms with E-state index in [1.807, 2.05) is 25.3 Å². The number of rotatable bonds is 10. The maximum absolute atomic E-state index is 14.1. The number of carbonyl (C=O) groups excluding carboxylic acids is 6. The molecular weight excluding hydrogens is 608 g/mol. The van der Waals surface area contributed by atoms with Crippen LogP contribution < -0.4 is 16.0 Å². The van der Waals surface area contributed by atoms with Crippen LogP contribution in [0.1, 0.15) is 95.4 Å². The molecule has 6 rings (SSSR count). The molecule has 3 N–H and O–H groups in total. The fourth-order valence-electron chi connectivity index (χ4n) is 6.00. The number of fused-ring (bicyclic) bond motifs is 1. The second-order valence-corrected chi connectivity index (χ2v) is 12.8. The zero-order valence-electron chi connectivity index (χ0n) is 26.5. The minimum absolute atomic E-state index is 0.00776. The van der Waals surface area contributed by atoms with Crippen molar-refractivity contribution in [3.05, 3.63) is 59.4 Å². The van der Waals surface area contributed by atoms with E-state index < -0.39 is 53.1 Å². The molecule has 246 valence electrons. The first-order valence-electron chi connectivity index (χ1n) is 15.5. The molecule has 1 aromatic carbocycles. The Balaban J connectivity index is 1.29. The van der Waals surface area contributed by atoms with Crippen LogP contribution in [0.25, 0.3) is 0 Å². The van der Waals surface area contributed by atoms with Crippen molar-refractivity contribution < 1.29 is 28.8 Å². The predicted molar refractivity (Wildman–Crippen MR) is 165 cm³/mol. The molecule has 1 saturated heterocycles. The Labute approximate surface area is 269 Å². The molecule has 2 fully saturated rings. The summed E-state index contributed by atoms with van der Waals surface area (Å²) in [6.07, 6.45) is 6.68. The topological polar surface area (TPSA) is 194 Å². The predicted octanol–water partition coefficient (Wildman–Crippen LogP) is 1.01. The summed E-state index contributed by atoms with van der Waals surface area (Å²) in [5, 5.41) is 16.3. The first kappa shape index (κ1) is 31.6. The lowest BCUT2D eigenvalue weighted by molar-refractivity contribution is -0.136. The van der Waals surface area contributed by atoms with Crippen molar-refractivity contribution in [2.24, 2.45) is 0 Å². The highest BCUT2D eigenvalue weighted by Gasteiger charge is 2.46. The smallest absolute Gasteiger partial charge is 0.277 e. The maximum atomic E-state index is 14.1. The lowest BCUT2D eigenvalue weighted by Crippen LogP contribution is -2.54. The molecule has 2 aromatic heterocycles. The quantitative estimate of drug-likeness (QED) is 0.268. The number of imidazole rings is 1. The highest BCUT2D eigenvalue weighted by atomic mass is 16.2. The summed E-state index contributed by atoms with van der Waals surface area (Å²) in [5.41, 5.74) is 0.619. The van der Waals surface area contributed by atoms with Crippen molar-refractivity contribution in [2.45, 2.75) is 70.1 Å². The first-order valence-corrected chi connectivity index (χ1v) is 15.5. The van der Waals surface area contributed by atoms with Crippen molar-refractivity contribution in [2.75, 3.05) is 25.5 Å². The lowest BCUT2D eigenvalue weighted by atomic mass is 10.0. The van der Waals surface area contributed by atoms with E-state index in [0.29, 0.717) is 11.4 Å². The van der Waals surface area contributed by atoms with Gasteiger partial charge in [0.25, 0.3) is 17.7 Å². The van der Waals surface area contributed by atoms with Crippen LogP contribution in [0.15, 0.2) is 36.9 Å². The molecule has 16 heteroatoms. The Bertz CT molecular complexity index is 1780. The zero-order valence-corrected chi connectivity index (χ0v) is 26.5. The number of nitrogens with zero attached hydrogens (tertiary/aromatic N) is 7. The number of anilines is 1. The number of amides is 6. The Kier molecular flexibility index (Phi) is 8.11. The average Bonchev–Trinajstić information content (AvgIpc) is 3.43. The molecule has 2 atom stereocenters. The van der Waals surface area contributed by atoms with Gasteiger partial charge in [0.1, 0.15) is 6.04 Å². The average molecular weight is 645 g/mol. The minimum Gasteiger partial charge on any atom is -0.383 e. The maximum Gasteiger partial charge on any atom is 0.277 e. The van der Waals surface area contributed by atoms with E-state index in [2.05, 4.69) is 31.2 Å². The number of benzene rings is 1. The summed E-state index contributed by atoms with van der Waals surface area (Å²) in [6, 6.07) is 2.71. The number of aromatic nitrogens is 5. The van der Waals surface area contributed by atoms with Gasteiger partial charge in [0.2, 0.25) is 17.7 Å². The molecule has 1 saturated carbocycles. The molecule has 16 nitrogen and oxygen atoms in total. The third kappa shape index (κ3) is 5.86. The summed E-state index contributed by atoms with van der Waals surface area (Å²) in [4.78, 5) is 85.3. The van der Waals surface area contributed by atoms with Crippen molar-refractivity contribution >= 4 is 41.1 Å². The van der Waals surface area contributed by atoms with E-state index in [4.69, 9.17) is 0 Å². The molecule has 0 spiro atoms. The van der Waals surface area contributed by atoms with E-state index in [9.17, 15) is 28.8 Å². The lowest BCUT2D eigenvalue weighted by Gasteiger charge is -2.33. The summed E-state index contributed by atoms with van der Waals surface area (Å²) in [7, 11) is 1.49. The van der Waals surface area contributed by atoms with E-state index in [1.54, 1.807) is 35.5 Å². The monoisotopic (exact) mass is 644 g/mol. The van der Waals surface area contributed by atoms with Gasteiger partial charge in [0.15, 0.2) is 11.7 Å². The molecule has 1 aliphatic carbocycles. The largest absolute Gasteiger partial charge is 0.383 e. The summed E-state index contributed by atoms with van der Waals surface area (Å²) in [6.45, 7) is 5.92. The molecule has 2 unspecified atom stereocenters. The number of carbonyl (C=O) groups is 6. The van der Waals surface area contributed by atoms with Crippen molar-refractivity contribution in [3.8, 4) is 0 Å². The number of imide groups is 2. The van der Waals surface area contributed by atoms with Crippen LogP contribution in [0.5, 0.6) is 0 Å². The van der Waals surface area contributed by atoms with E-state index in [1.165, 1.54) is 18.0 Å². The van der Waals surface area contributed by atoms with Crippen molar-refractivity contribution in [3.63, 3.8) is 0 Å². The van der Waals surface area contributed by atoms with Crippen LogP contribution in [0.3, 0.4) is 0 Å². The van der Waals surface area contributed by atoms with Crippen LogP contribution >= 0.6 is 0 Å². The Morgan fingerprint density at radius 3 is 2.55 bits per heavy atom. The molecule has 3 aliphatic rings. The number of nitrogens with one attached hydrogen (secondary N) is 3. The Morgan fingerprint density at radius 2 is 1.87 bits per heavy atom. The normalized spacial score (nSPS) is 18.6. The molecule has 2 aliphatic heterocycles. The van der Waals surface area contributed by atoms with E-state index in [-0.39, 0.29) is 48.8 Å². The van der Waals surface area contributed by atoms with Gasteiger partial charge in [-0.25, -0.2) is 9.67 Å². The molecule has 0 bridgehead atoms. The fraction of sp³-hybridized carbons (Fsp3) is 0.452. The third-order valence-corrected chi connectivity index (χ3v) is 8.52. The number of piperidine rings is 1. The van der Waals surface area contributed by atoms with Gasteiger partial charge in [-0.3, -0.25) is 39.0 Å². The molecule has 47 heavy (non-hydrogen) atoms. The highest BCUT2D eigenvalue weighted by molar-refractivity contribution is 6.25. The molecule has 0 radical (unpaired) electrons. The van der Waals surface area contributed by atoms with Crippen LogP contribution in [0.2, 0.25) is 0 Å². The highest BCUT2D eigenvalue weighted by Crippen LogP contribution is 2.35. The van der Waals surface area contributed by atoms with Crippen molar-refractivity contribution in [1.82, 2.24) is 45.0 Å². The fourth-order valence-corrected chi connectivity index (χ4v) is 6.00. The van der Waals surface area contributed by atoms with Gasteiger partial charge in [-0.2, -0.15) is 0 Å². The van der Waals surface area contributed by atoms with Gasteiger partial charge in [-0.15, -0.1) is 5.10 Å². The second-order valence-electron chi connectivity index (χ2n) is 12.8. The molecule has 3 aromatic rings. The number of likely N-dealkylation sites (N-methyl/N-ethyl adjacent to an activating group) is 1. The zero-order chi connectivity index (χ0) is 33.6. The van der Waals surface area contributed by atoms with Crippen LogP contribution in [-0.2, 0) is 19.9 Å². The van der Waals surface area contributed by atoms with Crippen molar-refractivity contribution in [1.29, 1.82) is 0 Å². The van der Waals surface area contributed by atoms with Gasteiger partial charge in [-0.05, 0) is 52.2 Å². The van der Waals surface area contributed by atoms with E-state index >= 15 is 0 Å². The van der Waals surface area contributed by atoms with Gasteiger partial charge in [0.05, 0.1) is 41.6 Å². The molecule has 4 heterocycles.